The third-order valence-corrected chi connectivity index (χ3v) is 5.14. The first-order valence-electron chi connectivity index (χ1n) is 3.83. The summed E-state index contributed by atoms with van der Waals surface area (Å²) in [5.74, 6) is 4.96. The zero-order chi connectivity index (χ0) is 9.23. The van der Waals surface area contributed by atoms with Crippen LogP contribution in [0.5, 0.6) is 0 Å². The summed E-state index contributed by atoms with van der Waals surface area (Å²) < 4.78 is 0.484. The van der Waals surface area contributed by atoms with E-state index in [0.717, 1.165) is 5.08 Å². The molecule has 0 fully saturated rings. The maximum atomic E-state index is 4.30. The van der Waals surface area contributed by atoms with Crippen molar-refractivity contribution in [2.24, 2.45) is 0 Å². The van der Waals surface area contributed by atoms with Crippen LogP contribution in [-0.4, -0.2) is 32.7 Å². The average Bonchev–Trinajstić information content (AvgIpc) is 2.02. The Kier molecular flexibility index (Phi) is 12.4. The van der Waals surface area contributed by atoms with Crippen molar-refractivity contribution in [3.63, 3.8) is 0 Å². The minimum absolute atomic E-state index is 0.484. The minimum atomic E-state index is 0.484. The molecule has 5 heteroatoms. The Balaban J connectivity index is 2.82. The van der Waals surface area contributed by atoms with Crippen LogP contribution in [0.25, 0.3) is 0 Å². The first-order valence-corrected chi connectivity index (χ1v) is 8.34. The van der Waals surface area contributed by atoms with E-state index < -0.39 is 0 Å². The van der Waals surface area contributed by atoms with Gasteiger partial charge in [-0.25, -0.2) is 0 Å². The lowest BCUT2D eigenvalue weighted by molar-refractivity contribution is 1.41. The summed E-state index contributed by atoms with van der Waals surface area (Å²) >= 11 is 14.3. The molecule has 0 aliphatic rings. The SMILES string of the molecule is CC(S)SCCSCCSCS. The van der Waals surface area contributed by atoms with Gasteiger partial charge in [0, 0.05) is 32.7 Å². The first kappa shape index (κ1) is 13.8. The zero-order valence-electron chi connectivity index (χ0n) is 7.23. The third kappa shape index (κ3) is 11.8. The van der Waals surface area contributed by atoms with Crippen LogP contribution in [0.2, 0.25) is 0 Å². The number of thioether (sulfide) groups is 3. The fourth-order valence-electron chi connectivity index (χ4n) is 0.562. The van der Waals surface area contributed by atoms with Gasteiger partial charge >= 0.3 is 0 Å². The van der Waals surface area contributed by atoms with Crippen LogP contribution in [0, 0.1) is 0 Å². The van der Waals surface area contributed by atoms with Gasteiger partial charge in [0.25, 0.3) is 0 Å². The van der Waals surface area contributed by atoms with Gasteiger partial charge in [0.1, 0.15) is 0 Å². The lowest BCUT2D eigenvalue weighted by atomic mass is 10.9. The maximum Gasteiger partial charge on any atom is 0.0444 e. The fraction of sp³-hybridized carbons (Fsp3) is 1.00. The Morgan fingerprint density at radius 3 is 2.25 bits per heavy atom. The molecule has 0 heterocycles. The Labute approximate surface area is 99.6 Å². The van der Waals surface area contributed by atoms with Gasteiger partial charge in [-0.3, -0.25) is 0 Å². The molecule has 0 saturated carbocycles. The van der Waals surface area contributed by atoms with Crippen LogP contribution in [-0.2, 0) is 0 Å². The van der Waals surface area contributed by atoms with E-state index in [4.69, 9.17) is 0 Å². The molecule has 0 aromatic rings. The summed E-state index contributed by atoms with van der Waals surface area (Å²) in [5, 5.41) is 0.947. The molecule has 1 atom stereocenters. The monoisotopic (exact) mass is 260 g/mol. The normalized spacial score (nSPS) is 13.2. The Morgan fingerprint density at radius 1 is 1.08 bits per heavy atom. The Morgan fingerprint density at radius 2 is 1.67 bits per heavy atom. The van der Waals surface area contributed by atoms with Crippen molar-refractivity contribution in [3.8, 4) is 0 Å². The van der Waals surface area contributed by atoms with Gasteiger partial charge in [0.05, 0.1) is 0 Å². The number of hydrogen-bond acceptors (Lipinski definition) is 5. The molecular weight excluding hydrogens is 244 g/mol. The quantitative estimate of drug-likeness (QED) is 0.390. The van der Waals surface area contributed by atoms with Crippen LogP contribution >= 0.6 is 60.5 Å². The summed E-state index contributed by atoms with van der Waals surface area (Å²) in [6, 6.07) is 0. The smallest absolute Gasteiger partial charge is 0.0444 e. The summed E-state index contributed by atoms with van der Waals surface area (Å²) in [6.45, 7) is 2.12. The summed E-state index contributed by atoms with van der Waals surface area (Å²) in [7, 11) is 0. The fourth-order valence-corrected chi connectivity index (χ4v) is 3.74. The van der Waals surface area contributed by atoms with E-state index in [1.54, 1.807) is 0 Å². The van der Waals surface area contributed by atoms with Crippen LogP contribution in [0.1, 0.15) is 6.92 Å². The molecule has 0 aromatic carbocycles. The average molecular weight is 261 g/mol. The molecule has 0 spiro atoms. The van der Waals surface area contributed by atoms with Crippen LogP contribution in [0.15, 0.2) is 0 Å². The Hall–Kier alpha value is 1.75. The zero-order valence-corrected chi connectivity index (χ0v) is 11.5. The van der Waals surface area contributed by atoms with Gasteiger partial charge < -0.3 is 0 Å². The van der Waals surface area contributed by atoms with E-state index in [0.29, 0.717) is 4.58 Å². The molecule has 74 valence electrons. The van der Waals surface area contributed by atoms with Crippen LogP contribution < -0.4 is 0 Å². The summed E-state index contributed by atoms with van der Waals surface area (Å²) in [4.78, 5) is 0. The number of rotatable bonds is 8. The molecule has 0 radical (unpaired) electrons. The van der Waals surface area contributed by atoms with E-state index in [1.165, 1.54) is 23.0 Å². The largest absolute Gasteiger partial charge is 0.168 e. The van der Waals surface area contributed by atoms with E-state index in [1.807, 2.05) is 35.3 Å². The first-order chi connectivity index (χ1) is 5.77. The highest BCUT2D eigenvalue weighted by Crippen LogP contribution is 2.16. The van der Waals surface area contributed by atoms with Gasteiger partial charge in [-0.1, -0.05) is 0 Å². The maximum absolute atomic E-state index is 4.30. The molecule has 0 bridgehead atoms. The molecule has 0 aliphatic heterocycles. The lowest BCUT2D eigenvalue weighted by Crippen LogP contribution is -1.92. The van der Waals surface area contributed by atoms with Crippen LogP contribution in [0.3, 0.4) is 0 Å². The molecule has 0 N–H and O–H groups in total. The van der Waals surface area contributed by atoms with Crippen molar-refractivity contribution in [1.82, 2.24) is 0 Å². The van der Waals surface area contributed by atoms with E-state index >= 15 is 0 Å². The highest BCUT2D eigenvalue weighted by molar-refractivity contribution is 8.11. The molecule has 0 aliphatic carbocycles. The van der Waals surface area contributed by atoms with Gasteiger partial charge in [-0.2, -0.15) is 48.8 Å². The van der Waals surface area contributed by atoms with Crippen LogP contribution in [0.4, 0.5) is 0 Å². The summed E-state index contributed by atoms with van der Waals surface area (Å²) in [5.41, 5.74) is 0. The second kappa shape index (κ2) is 10.8. The highest BCUT2D eigenvalue weighted by Gasteiger charge is 1.94. The summed E-state index contributed by atoms with van der Waals surface area (Å²) in [6.07, 6.45) is 0. The molecule has 0 aromatic heterocycles. The molecule has 0 saturated heterocycles. The molecule has 0 amide bonds. The topological polar surface area (TPSA) is 0 Å². The predicted molar refractivity (Wildman–Crippen MR) is 74.5 cm³/mol. The molecule has 12 heavy (non-hydrogen) atoms. The second-order valence-electron chi connectivity index (χ2n) is 2.12. The van der Waals surface area contributed by atoms with Crippen molar-refractivity contribution in [3.05, 3.63) is 0 Å². The van der Waals surface area contributed by atoms with E-state index in [-0.39, 0.29) is 0 Å². The molecule has 0 rings (SSSR count). The van der Waals surface area contributed by atoms with E-state index in [9.17, 15) is 0 Å². The molecular formula is C7H16S5. The Bertz CT molecular complexity index is 85.9. The minimum Gasteiger partial charge on any atom is -0.168 e. The van der Waals surface area contributed by atoms with Crippen molar-refractivity contribution >= 4 is 60.5 Å². The second-order valence-corrected chi connectivity index (χ2v) is 7.77. The van der Waals surface area contributed by atoms with Crippen molar-refractivity contribution < 1.29 is 0 Å². The number of hydrogen-bond donors (Lipinski definition) is 2. The number of thiol groups is 2. The van der Waals surface area contributed by atoms with Gasteiger partial charge in [0.2, 0.25) is 0 Å². The third-order valence-electron chi connectivity index (χ3n) is 1.05. The van der Waals surface area contributed by atoms with E-state index in [2.05, 4.69) is 32.2 Å². The lowest BCUT2D eigenvalue weighted by Gasteiger charge is -2.03. The highest BCUT2D eigenvalue weighted by atomic mass is 32.2. The predicted octanol–water partition coefficient (Wildman–Crippen LogP) is 3.35. The van der Waals surface area contributed by atoms with Crippen molar-refractivity contribution in [1.29, 1.82) is 0 Å². The van der Waals surface area contributed by atoms with Gasteiger partial charge in [-0.15, -0.1) is 11.8 Å². The molecule has 0 nitrogen and oxygen atoms in total. The van der Waals surface area contributed by atoms with Gasteiger partial charge in [0.15, 0.2) is 0 Å². The standard InChI is InChI=1S/C7H16S5/c1-7(9)12-5-4-10-2-3-11-6-8/h7-9H,2-6H2,1H3. The molecule has 1 unspecified atom stereocenters. The van der Waals surface area contributed by atoms with Crippen molar-refractivity contribution in [2.45, 2.75) is 11.5 Å². The van der Waals surface area contributed by atoms with Crippen molar-refractivity contribution in [2.75, 3.05) is 28.1 Å². The van der Waals surface area contributed by atoms with Gasteiger partial charge in [-0.05, 0) is 6.92 Å².